The second-order valence-electron chi connectivity index (χ2n) is 5.57. The highest BCUT2D eigenvalue weighted by atomic mass is 19.1. The number of ether oxygens (including phenoxy) is 1. The number of carbonyl (C=O) groups excluding carboxylic acids is 1. The van der Waals surface area contributed by atoms with Crippen LogP contribution in [0.15, 0.2) is 24.3 Å². The summed E-state index contributed by atoms with van der Waals surface area (Å²) >= 11 is 0. The number of hydrogen-bond donors (Lipinski definition) is 2. The van der Waals surface area contributed by atoms with E-state index in [1.165, 1.54) is 12.1 Å². The van der Waals surface area contributed by atoms with Crippen LogP contribution in [-0.2, 0) is 4.79 Å². The van der Waals surface area contributed by atoms with Crippen molar-refractivity contribution < 1.29 is 19.0 Å². The number of hydrogen-bond acceptors (Lipinski definition) is 3. The number of aliphatic hydroxyl groups excluding tert-OH is 1. The summed E-state index contributed by atoms with van der Waals surface area (Å²) in [7, 11) is 0. The number of amides is 1. The van der Waals surface area contributed by atoms with Crippen molar-refractivity contribution in [1.29, 1.82) is 0 Å². The summed E-state index contributed by atoms with van der Waals surface area (Å²) in [4.78, 5) is 12.0. The van der Waals surface area contributed by atoms with Gasteiger partial charge in [-0.25, -0.2) is 4.39 Å². The molecular formula is C16H22FNO3. The SMILES string of the molecule is CC(Oc1ccccc1F)C(=O)NCC1CCCC1CO. The van der Waals surface area contributed by atoms with Gasteiger partial charge in [-0.05, 0) is 43.7 Å². The Balaban J connectivity index is 1.81. The Bertz CT molecular complexity index is 480. The van der Waals surface area contributed by atoms with Crippen molar-refractivity contribution in [2.45, 2.75) is 32.3 Å². The number of carbonyl (C=O) groups is 1. The first kappa shape index (κ1) is 15.8. The van der Waals surface area contributed by atoms with Gasteiger partial charge in [0.05, 0.1) is 0 Å². The lowest BCUT2D eigenvalue weighted by molar-refractivity contribution is -0.127. The zero-order valence-corrected chi connectivity index (χ0v) is 12.2. The predicted molar refractivity (Wildman–Crippen MR) is 77.4 cm³/mol. The van der Waals surface area contributed by atoms with Crippen molar-refractivity contribution in [1.82, 2.24) is 5.32 Å². The predicted octanol–water partition coefficient (Wildman–Crippen LogP) is 2.12. The molecule has 1 fully saturated rings. The van der Waals surface area contributed by atoms with Crippen LogP contribution < -0.4 is 10.1 Å². The van der Waals surface area contributed by atoms with E-state index in [1.807, 2.05) is 0 Å². The molecule has 0 spiro atoms. The zero-order valence-electron chi connectivity index (χ0n) is 12.2. The maximum Gasteiger partial charge on any atom is 0.260 e. The molecule has 0 aromatic heterocycles. The molecule has 1 aromatic rings. The fourth-order valence-electron chi connectivity index (χ4n) is 2.78. The smallest absolute Gasteiger partial charge is 0.260 e. The molecule has 0 saturated heterocycles. The molecule has 1 aliphatic rings. The molecule has 0 radical (unpaired) electrons. The minimum atomic E-state index is -0.754. The number of para-hydroxylation sites is 1. The minimum Gasteiger partial charge on any atom is -0.478 e. The third kappa shape index (κ3) is 4.17. The van der Waals surface area contributed by atoms with Crippen LogP contribution in [0.1, 0.15) is 26.2 Å². The van der Waals surface area contributed by atoms with Gasteiger partial charge >= 0.3 is 0 Å². The van der Waals surface area contributed by atoms with E-state index in [0.29, 0.717) is 12.5 Å². The summed E-state index contributed by atoms with van der Waals surface area (Å²) in [5, 5.41) is 12.1. The van der Waals surface area contributed by atoms with Gasteiger partial charge in [0.25, 0.3) is 5.91 Å². The van der Waals surface area contributed by atoms with Crippen LogP contribution in [0.25, 0.3) is 0 Å². The summed E-state index contributed by atoms with van der Waals surface area (Å²) < 4.78 is 18.8. The zero-order chi connectivity index (χ0) is 15.2. The Kier molecular flexibility index (Phi) is 5.56. The van der Waals surface area contributed by atoms with E-state index in [0.717, 1.165) is 19.3 Å². The molecule has 0 heterocycles. The van der Waals surface area contributed by atoms with Crippen LogP contribution in [0.5, 0.6) is 5.75 Å². The maximum absolute atomic E-state index is 13.5. The Labute approximate surface area is 124 Å². The first-order valence-corrected chi connectivity index (χ1v) is 7.41. The molecule has 0 aliphatic heterocycles. The molecule has 4 nitrogen and oxygen atoms in total. The molecular weight excluding hydrogens is 273 g/mol. The fourth-order valence-corrected chi connectivity index (χ4v) is 2.78. The molecule has 2 N–H and O–H groups in total. The summed E-state index contributed by atoms with van der Waals surface area (Å²) in [5.74, 6) is -0.0721. The average Bonchev–Trinajstić information content (AvgIpc) is 2.94. The topological polar surface area (TPSA) is 58.6 Å². The van der Waals surface area contributed by atoms with Crippen molar-refractivity contribution in [2.24, 2.45) is 11.8 Å². The number of nitrogens with one attached hydrogen (secondary N) is 1. The van der Waals surface area contributed by atoms with Crippen molar-refractivity contribution in [3.05, 3.63) is 30.1 Å². The lowest BCUT2D eigenvalue weighted by Crippen LogP contribution is -2.39. The van der Waals surface area contributed by atoms with Gasteiger partial charge in [-0.2, -0.15) is 0 Å². The molecule has 116 valence electrons. The van der Waals surface area contributed by atoms with E-state index >= 15 is 0 Å². The van der Waals surface area contributed by atoms with Gasteiger partial charge in [0.2, 0.25) is 0 Å². The molecule has 5 heteroatoms. The fraction of sp³-hybridized carbons (Fsp3) is 0.562. The highest BCUT2D eigenvalue weighted by Crippen LogP contribution is 2.30. The van der Waals surface area contributed by atoms with Crippen LogP contribution >= 0.6 is 0 Å². The third-order valence-corrected chi connectivity index (χ3v) is 4.10. The Morgan fingerprint density at radius 1 is 1.43 bits per heavy atom. The average molecular weight is 295 g/mol. The molecule has 3 atom stereocenters. The number of benzene rings is 1. The maximum atomic E-state index is 13.5. The van der Waals surface area contributed by atoms with Crippen molar-refractivity contribution in [2.75, 3.05) is 13.2 Å². The molecule has 1 amide bonds. The standard InChI is InChI=1S/C16H22FNO3/c1-11(21-15-8-3-2-7-14(15)17)16(20)18-9-12-5-4-6-13(12)10-19/h2-3,7-8,11-13,19H,4-6,9-10H2,1H3,(H,18,20). The van der Waals surface area contributed by atoms with Gasteiger partial charge in [0.1, 0.15) is 0 Å². The van der Waals surface area contributed by atoms with Gasteiger partial charge in [-0.15, -0.1) is 0 Å². The number of rotatable bonds is 6. The van der Waals surface area contributed by atoms with E-state index in [4.69, 9.17) is 4.74 Å². The molecule has 0 bridgehead atoms. The molecule has 21 heavy (non-hydrogen) atoms. The van der Waals surface area contributed by atoms with Crippen molar-refractivity contribution >= 4 is 5.91 Å². The molecule has 2 rings (SSSR count). The summed E-state index contributed by atoms with van der Waals surface area (Å²) in [6, 6.07) is 6.03. The first-order valence-electron chi connectivity index (χ1n) is 7.41. The second kappa shape index (κ2) is 7.41. The lowest BCUT2D eigenvalue weighted by atomic mass is 9.97. The van der Waals surface area contributed by atoms with Crippen LogP contribution in [-0.4, -0.2) is 30.3 Å². The molecule has 1 aromatic carbocycles. The van der Waals surface area contributed by atoms with E-state index in [-0.39, 0.29) is 24.2 Å². The second-order valence-corrected chi connectivity index (χ2v) is 5.57. The summed E-state index contributed by atoms with van der Waals surface area (Å²) in [5.41, 5.74) is 0. The highest BCUT2D eigenvalue weighted by Gasteiger charge is 2.27. The monoisotopic (exact) mass is 295 g/mol. The first-order chi connectivity index (χ1) is 10.1. The minimum absolute atomic E-state index is 0.0780. The number of aliphatic hydroxyl groups is 1. The van der Waals surface area contributed by atoms with Gasteiger partial charge in [0, 0.05) is 13.2 Å². The number of halogens is 1. The van der Waals surface area contributed by atoms with E-state index < -0.39 is 11.9 Å². The third-order valence-electron chi connectivity index (χ3n) is 4.10. The Morgan fingerprint density at radius 3 is 2.86 bits per heavy atom. The van der Waals surface area contributed by atoms with Gasteiger partial charge < -0.3 is 15.2 Å². The summed E-state index contributed by atoms with van der Waals surface area (Å²) in [6.45, 7) is 2.30. The molecule has 3 unspecified atom stereocenters. The largest absolute Gasteiger partial charge is 0.478 e. The van der Waals surface area contributed by atoms with Gasteiger partial charge in [-0.1, -0.05) is 18.6 Å². The quantitative estimate of drug-likeness (QED) is 0.845. The normalized spacial score (nSPS) is 22.8. The van der Waals surface area contributed by atoms with Crippen molar-refractivity contribution in [3.8, 4) is 5.75 Å². The molecule has 1 aliphatic carbocycles. The van der Waals surface area contributed by atoms with E-state index in [1.54, 1.807) is 19.1 Å². The van der Waals surface area contributed by atoms with Crippen LogP contribution in [0.2, 0.25) is 0 Å². The Morgan fingerprint density at radius 2 is 2.14 bits per heavy atom. The van der Waals surface area contributed by atoms with Gasteiger partial charge in [-0.3, -0.25) is 4.79 Å². The molecule has 1 saturated carbocycles. The Hall–Kier alpha value is -1.62. The summed E-state index contributed by atoms with van der Waals surface area (Å²) in [6.07, 6.45) is 2.37. The van der Waals surface area contributed by atoms with Crippen LogP contribution in [0.4, 0.5) is 4.39 Å². The van der Waals surface area contributed by atoms with Crippen LogP contribution in [0.3, 0.4) is 0 Å². The van der Waals surface area contributed by atoms with Crippen LogP contribution in [0, 0.1) is 17.7 Å². The highest BCUT2D eigenvalue weighted by molar-refractivity contribution is 5.80. The van der Waals surface area contributed by atoms with Gasteiger partial charge in [0.15, 0.2) is 17.7 Å². The van der Waals surface area contributed by atoms with E-state index in [2.05, 4.69) is 5.32 Å². The lowest BCUT2D eigenvalue weighted by Gasteiger charge is -2.20. The van der Waals surface area contributed by atoms with E-state index in [9.17, 15) is 14.3 Å². The van der Waals surface area contributed by atoms with Crippen molar-refractivity contribution in [3.63, 3.8) is 0 Å².